The minimum atomic E-state index is -0.506. The van der Waals surface area contributed by atoms with Gasteiger partial charge in [0.1, 0.15) is 0 Å². The molecule has 8 heteroatoms. The van der Waals surface area contributed by atoms with E-state index in [2.05, 4.69) is 11.5 Å². The molecule has 0 aromatic heterocycles. The Balaban J connectivity index is 1.50. The predicted molar refractivity (Wildman–Crippen MR) is 107 cm³/mol. The molecule has 0 radical (unpaired) electrons. The average molecular weight is 421 g/mol. The molecule has 1 amide bonds. The highest BCUT2D eigenvalue weighted by Gasteiger charge is 2.56. The van der Waals surface area contributed by atoms with Crippen LogP contribution in [0.4, 0.5) is 0 Å². The van der Waals surface area contributed by atoms with Crippen molar-refractivity contribution < 1.29 is 23.8 Å². The van der Waals surface area contributed by atoms with E-state index in [0.29, 0.717) is 42.5 Å². The van der Waals surface area contributed by atoms with Gasteiger partial charge in [-0.3, -0.25) is 14.5 Å². The molecule has 0 saturated carbocycles. The van der Waals surface area contributed by atoms with Crippen LogP contribution in [0.25, 0.3) is 0 Å². The number of methoxy groups -OCH3 is 1. The fraction of sp³-hybridized carbons (Fsp3) is 0.524. The molecule has 0 N–H and O–H groups in total. The van der Waals surface area contributed by atoms with Crippen LogP contribution >= 0.6 is 11.6 Å². The van der Waals surface area contributed by atoms with Gasteiger partial charge in [0.05, 0.1) is 18.6 Å². The summed E-state index contributed by atoms with van der Waals surface area (Å²) in [4.78, 5) is 29.1. The fourth-order valence-corrected chi connectivity index (χ4v) is 5.02. The summed E-state index contributed by atoms with van der Waals surface area (Å²) in [5.74, 6) is 0.630. The number of carbonyl (C=O) groups excluding carboxylic acids is 2. The number of halogens is 1. The minimum Gasteiger partial charge on any atom is -0.469 e. The van der Waals surface area contributed by atoms with Gasteiger partial charge >= 0.3 is 5.97 Å². The fourth-order valence-electron chi connectivity index (χ4n) is 4.81. The van der Waals surface area contributed by atoms with E-state index in [1.165, 1.54) is 7.11 Å². The second-order valence-corrected chi connectivity index (χ2v) is 8.16. The van der Waals surface area contributed by atoms with Gasteiger partial charge in [-0.1, -0.05) is 17.7 Å². The molecule has 156 valence electrons. The lowest BCUT2D eigenvalue weighted by Crippen LogP contribution is -2.57. The topological polar surface area (TPSA) is 68.3 Å². The normalized spacial score (nSPS) is 22.9. The number of benzene rings is 1. The highest BCUT2D eigenvalue weighted by molar-refractivity contribution is 6.31. The Morgan fingerprint density at radius 1 is 1.34 bits per heavy atom. The van der Waals surface area contributed by atoms with E-state index in [4.69, 9.17) is 25.8 Å². The number of hydrogen-bond acceptors (Lipinski definition) is 6. The van der Waals surface area contributed by atoms with Crippen molar-refractivity contribution in [1.29, 1.82) is 0 Å². The second-order valence-electron chi connectivity index (χ2n) is 7.75. The number of ether oxygens (including phenoxy) is 3. The third-order valence-electron chi connectivity index (χ3n) is 6.32. The van der Waals surface area contributed by atoms with Crippen LogP contribution in [-0.2, 0) is 20.9 Å². The van der Waals surface area contributed by atoms with Crippen LogP contribution in [0.2, 0.25) is 5.02 Å². The first-order valence-electron chi connectivity index (χ1n) is 9.78. The van der Waals surface area contributed by atoms with Crippen molar-refractivity contribution >= 4 is 23.5 Å². The van der Waals surface area contributed by atoms with Crippen molar-refractivity contribution in [2.45, 2.75) is 31.3 Å². The lowest BCUT2D eigenvalue weighted by atomic mass is 9.76. The molecule has 4 rings (SSSR count). The molecule has 7 nitrogen and oxygen atoms in total. The summed E-state index contributed by atoms with van der Waals surface area (Å²) in [6.45, 7) is 6.60. The van der Waals surface area contributed by atoms with Crippen molar-refractivity contribution in [3.63, 3.8) is 0 Å². The van der Waals surface area contributed by atoms with Crippen LogP contribution in [0.5, 0.6) is 11.5 Å². The number of amides is 1. The summed E-state index contributed by atoms with van der Waals surface area (Å²) in [7, 11) is 1.38. The van der Waals surface area contributed by atoms with Gasteiger partial charge in [0.25, 0.3) is 0 Å². The van der Waals surface area contributed by atoms with Crippen LogP contribution in [0.1, 0.15) is 24.8 Å². The van der Waals surface area contributed by atoms with Gasteiger partial charge in [-0.25, -0.2) is 0 Å². The second kappa shape index (κ2) is 7.88. The van der Waals surface area contributed by atoms with Gasteiger partial charge in [-0.2, -0.15) is 0 Å². The molecule has 0 bridgehead atoms. The van der Waals surface area contributed by atoms with Crippen LogP contribution < -0.4 is 9.47 Å². The van der Waals surface area contributed by atoms with Crippen molar-refractivity contribution in [1.82, 2.24) is 9.80 Å². The van der Waals surface area contributed by atoms with Gasteiger partial charge in [-0.05, 0) is 24.5 Å². The first kappa shape index (κ1) is 20.0. The van der Waals surface area contributed by atoms with E-state index in [0.717, 1.165) is 18.7 Å². The SMILES string of the molecule is C=CCN1C(=O)CC(C(=O)OC)C12CCN(Cc1cc3c(cc1Cl)OCO3)CC2. The maximum absolute atomic E-state index is 12.6. The van der Waals surface area contributed by atoms with E-state index < -0.39 is 11.5 Å². The summed E-state index contributed by atoms with van der Waals surface area (Å²) in [5, 5.41) is 0.645. The van der Waals surface area contributed by atoms with Crippen LogP contribution in [0, 0.1) is 5.92 Å². The highest BCUT2D eigenvalue weighted by Crippen LogP contribution is 2.45. The Morgan fingerprint density at radius 2 is 2.03 bits per heavy atom. The molecule has 0 aliphatic carbocycles. The van der Waals surface area contributed by atoms with E-state index in [1.54, 1.807) is 12.1 Å². The molecular formula is C21H25ClN2O5. The Labute approximate surface area is 175 Å². The zero-order chi connectivity index (χ0) is 20.6. The van der Waals surface area contributed by atoms with Crippen molar-refractivity contribution in [2.24, 2.45) is 5.92 Å². The van der Waals surface area contributed by atoms with E-state index in [9.17, 15) is 9.59 Å². The molecule has 1 aromatic carbocycles. The first-order chi connectivity index (χ1) is 14.0. The Morgan fingerprint density at radius 3 is 2.69 bits per heavy atom. The summed E-state index contributed by atoms with van der Waals surface area (Å²) in [6, 6.07) is 3.72. The minimum absolute atomic E-state index is 0.00688. The largest absolute Gasteiger partial charge is 0.469 e. The van der Waals surface area contributed by atoms with E-state index >= 15 is 0 Å². The molecule has 2 fully saturated rings. The quantitative estimate of drug-likeness (QED) is 0.538. The van der Waals surface area contributed by atoms with Crippen molar-refractivity contribution in [3.05, 3.63) is 35.4 Å². The molecule has 1 spiro atoms. The maximum Gasteiger partial charge on any atom is 0.311 e. The molecular weight excluding hydrogens is 396 g/mol. The first-order valence-corrected chi connectivity index (χ1v) is 10.2. The van der Waals surface area contributed by atoms with Crippen molar-refractivity contribution in [3.8, 4) is 11.5 Å². The zero-order valence-electron chi connectivity index (χ0n) is 16.5. The number of hydrogen-bond donors (Lipinski definition) is 0. The number of rotatable bonds is 5. The summed E-state index contributed by atoms with van der Waals surface area (Å²) in [6.07, 6.45) is 3.33. The molecule has 29 heavy (non-hydrogen) atoms. The lowest BCUT2D eigenvalue weighted by Gasteiger charge is -2.47. The smallest absolute Gasteiger partial charge is 0.311 e. The molecule has 3 aliphatic rings. The molecule has 1 unspecified atom stereocenters. The average Bonchev–Trinajstić information content (AvgIpc) is 3.27. The van der Waals surface area contributed by atoms with Gasteiger partial charge in [0.15, 0.2) is 11.5 Å². The highest BCUT2D eigenvalue weighted by atomic mass is 35.5. The Bertz CT molecular complexity index is 835. The molecule has 1 atom stereocenters. The van der Waals surface area contributed by atoms with Gasteiger partial charge in [0.2, 0.25) is 12.7 Å². The lowest BCUT2D eigenvalue weighted by molar-refractivity contribution is -0.150. The van der Waals surface area contributed by atoms with Crippen LogP contribution in [-0.4, -0.2) is 60.8 Å². The number of esters is 1. The van der Waals surface area contributed by atoms with Gasteiger partial charge in [-0.15, -0.1) is 6.58 Å². The van der Waals surface area contributed by atoms with E-state index in [-0.39, 0.29) is 25.1 Å². The van der Waals surface area contributed by atoms with Crippen LogP contribution in [0.3, 0.4) is 0 Å². The molecule has 2 saturated heterocycles. The van der Waals surface area contributed by atoms with Crippen molar-refractivity contribution in [2.75, 3.05) is 33.5 Å². The molecule has 3 aliphatic heterocycles. The number of likely N-dealkylation sites (tertiary alicyclic amines) is 2. The number of carbonyl (C=O) groups is 2. The summed E-state index contributed by atoms with van der Waals surface area (Å²) >= 11 is 6.43. The molecule has 1 aromatic rings. The number of fused-ring (bicyclic) bond motifs is 1. The van der Waals surface area contributed by atoms with E-state index in [1.807, 2.05) is 11.0 Å². The summed E-state index contributed by atoms with van der Waals surface area (Å²) < 4.78 is 15.8. The van der Waals surface area contributed by atoms with Gasteiger partial charge in [0, 0.05) is 43.7 Å². The Hall–Kier alpha value is -2.25. The maximum atomic E-state index is 12.6. The molecule has 3 heterocycles. The third-order valence-corrected chi connectivity index (χ3v) is 6.67. The zero-order valence-corrected chi connectivity index (χ0v) is 17.2. The number of piperidine rings is 1. The van der Waals surface area contributed by atoms with Crippen LogP contribution in [0.15, 0.2) is 24.8 Å². The monoisotopic (exact) mass is 420 g/mol. The van der Waals surface area contributed by atoms with Gasteiger partial charge < -0.3 is 19.1 Å². The third kappa shape index (κ3) is 3.46. The number of nitrogens with zero attached hydrogens (tertiary/aromatic N) is 2. The Kier molecular flexibility index (Phi) is 5.44. The predicted octanol–water partition coefficient (Wildman–Crippen LogP) is 2.61. The standard InChI is InChI=1S/C21H25ClN2O5/c1-3-6-24-19(25)10-15(20(26)27-2)21(24)4-7-23(8-5-21)12-14-9-17-18(11-16(14)22)29-13-28-17/h3,9,11,15H,1,4-8,10,12-13H2,2H3. The summed E-state index contributed by atoms with van der Waals surface area (Å²) in [5.41, 5.74) is 0.468.